The molecule has 4 aromatic rings. The summed E-state index contributed by atoms with van der Waals surface area (Å²) in [5, 5.41) is 12.2. The van der Waals surface area contributed by atoms with Crippen LogP contribution in [-0.4, -0.2) is 14.5 Å². The van der Waals surface area contributed by atoms with Gasteiger partial charge in [-0.15, -0.1) is 0 Å². The summed E-state index contributed by atoms with van der Waals surface area (Å²) in [7, 11) is 0. The fourth-order valence-corrected chi connectivity index (χ4v) is 3.25. The smallest absolute Gasteiger partial charge is 0.138 e. The van der Waals surface area contributed by atoms with Gasteiger partial charge in [-0.1, -0.05) is 36.4 Å². The van der Waals surface area contributed by atoms with Crippen LogP contribution in [-0.2, 0) is 6.61 Å². The van der Waals surface area contributed by atoms with E-state index in [-0.39, 0.29) is 6.61 Å². The SMILES string of the molecule is Cc1cc2nc(-c3ccc4ccccc4c3)c(CO)n2cc1Br. The molecule has 0 fully saturated rings. The van der Waals surface area contributed by atoms with Crippen molar-refractivity contribution in [2.24, 2.45) is 0 Å². The Morgan fingerprint density at radius 2 is 1.87 bits per heavy atom. The highest BCUT2D eigenvalue weighted by atomic mass is 79.9. The average Bonchev–Trinajstić information content (AvgIpc) is 2.92. The lowest BCUT2D eigenvalue weighted by atomic mass is 10.0. The Morgan fingerprint density at radius 1 is 1.09 bits per heavy atom. The summed E-state index contributed by atoms with van der Waals surface area (Å²) in [6, 6.07) is 16.5. The van der Waals surface area contributed by atoms with Crippen molar-refractivity contribution in [1.82, 2.24) is 9.38 Å². The fraction of sp³-hybridized carbons (Fsp3) is 0.105. The zero-order chi connectivity index (χ0) is 16.0. The molecule has 0 atom stereocenters. The van der Waals surface area contributed by atoms with Gasteiger partial charge in [-0.25, -0.2) is 4.98 Å². The van der Waals surface area contributed by atoms with Crippen molar-refractivity contribution >= 4 is 32.3 Å². The fourth-order valence-electron chi connectivity index (χ4n) is 2.93. The van der Waals surface area contributed by atoms with Crippen molar-refractivity contribution in [2.75, 3.05) is 0 Å². The van der Waals surface area contributed by atoms with Crippen LogP contribution < -0.4 is 0 Å². The largest absolute Gasteiger partial charge is 0.390 e. The van der Waals surface area contributed by atoms with Gasteiger partial charge in [-0.2, -0.15) is 0 Å². The molecule has 23 heavy (non-hydrogen) atoms. The summed E-state index contributed by atoms with van der Waals surface area (Å²) in [5.74, 6) is 0. The molecule has 0 saturated carbocycles. The lowest BCUT2D eigenvalue weighted by Crippen LogP contribution is -1.95. The maximum atomic E-state index is 9.86. The number of imidazole rings is 1. The molecule has 114 valence electrons. The Bertz CT molecular complexity index is 1040. The molecule has 0 aliphatic carbocycles. The second kappa shape index (κ2) is 5.48. The highest BCUT2D eigenvalue weighted by Crippen LogP contribution is 2.29. The topological polar surface area (TPSA) is 37.5 Å². The van der Waals surface area contributed by atoms with Crippen molar-refractivity contribution < 1.29 is 5.11 Å². The van der Waals surface area contributed by atoms with E-state index in [4.69, 9.17) is 4.98 Å². The zero-order valence-electron chi connectivity index (χ0n) is 12.6. The van der Waals surface area contributed by atoms with E-state index < -0.39 is 0 Å². The summed E-state index contributed by atoms with van der Waals surface area (Å²) in [5.41, 5.74) is 4.62. The van der Waals surface area contributed by atoms with E-state index in [2.05, 4.69) is 46.3 Å². The molecule has 4 rings (SSSR count). The van der Waals surface area contributed by atoms with Gasteiger partial charge in [0.2, 0.25) is 0 Å². The van der Waals surface area contributed by atoms with Gasteiger partial charge in [0.05, 0.1) is 18.0 Å². The second-order valence-electron chi connectivity index (χ2n) is 5.66. The van der Waals surface area contributed by atoms with Crippen LogP contribution in [0.25, 0.3) is 27.7 Å². The van der Waals surface area contributed by atoms with Crippen molar-refractivity contribution in [1.29, 1.82) is 0 Å². The minimum Gasteiger partial charge on any atom is -0.390 e. The van der Waals surface area contributed by atoms with E-state index in [1.54, 1.807) is 0 Å². The van der Waals surface area contributed by atoms with Gasteiger partial charge < -0.3 is 5.11 Å². The molecule has 2 heterocycles. The number of aliphatic hydroxyl groups is 1. The lowest BCUT2D eigenvalue weighted by molar-refractivity contribution is 0.276. The number of aromatic nitrogens is 2. The third-order valence-electron chi connectivity index (χ3n) is 4.17. The minimum absolute atomic E-state index is 0.0567. The van der Waals surface area contributed by atoms with Crippen LogP contribution in [0.5, 0.6) is 0 Å². The molecule has 0 unspecified atom stereocenters. The summed E-state index contributed by atoms with van der Waals surface area (Å²) in [6.07, 6.45) is 1.97. The molecule has 1 N–H and O–H groups in total. The summed E-state index contributed by atoms with van der Waals surface area (Å²) < 4.78 is 2.95. The van der Waals surface area contributed by atoms with Crippen LogP contribution in [0.2, 0.25) is 0 Å². The molecule has 2 aromatic carbocycles. The zero-order valence-corrected chi connectivity index (χ0v) is 14.2. The maximum Gasteiger partial charge on any atom is 0.138 e. The third kappa shape index (κ3) is 2.35. The van der Waals surface area contributed by atoms with Crippen molar-refractivity contribution in [2.45, 2.75) is 13.5 Å². The molecule has 2 aromatic heterocycles. The number of rotatable bonds is 2. The molecule has 0 spiro atoms. The van der Waals surface area contributed by atoms with E-state index in [9.17, 15) is 5.11 Å². The Balaban J connectivity index is 1.99. The molecular formula is C19H15BrN2O. The van der Waals surface area contributed by atoms with E-state index in [0.29, 0.717) is 0 Å². The number of hydrogen-bond acceptors (Lipinski definition) is 2. The molecule has 0 radical (unpaired) electrons. The van der Waals surface area contributed by atoms with E-state index in [1.807, 2.05) is 35.7 Å². The Morgan fingerprint density at radius 3 is 2.65 bits per heavy atom. The number of hydrogen-bond donors (Lipinski definition) is 1. The van der Waals surface area contributed by atoms with Gasteiger partial charge in [0, 0.05) is 16.2 Å². The Kier molecular flexibility index (Phi) is 3.43. The molecule has 3 nitrogen and oxygen atoms in total. The first-order valence-electron chi connectivity index (χ1n) is 7.44. The number of pyridine rings is 1. The minimum atomic E-state index is -0.0567. The molecule has 0 bridgehead atoms. The second-order valence-corrected chi connectivity index (χ2v) is 6.51. The van der Waals surface area contributed by atoms with Crippen molar-refractivity contribution in [3.63, 3.8) is 0 Å². The van der Waals surface area contributed by atoms with Crippen molar-refractivity contribution in [3.8, 4) is 11.3 Å². The monoisotopic (exact) mass is 366 g/mol. The highest BCUT2D eigenvalue weighted by Gasteiger charge is 2.14. The van der Waals surface area contributed by atoms with Crippen LogP contribution in [0, 0.1) is 6.92 Å². The Hall–Kier alpha value is -2.17. The quantitative estimate of drug-likeness (QED) is 0.557. The molecule has 0 aliphatic rings. The number of fused-ring (bicyclic) bond motifs is 2. The predicted octanol–water partition coefficient (Wildman–Crippen LogP) is 4.72. The first-order chi connectivity index (χ1) is 11.2. The number of benzene rings is 2. The first-order valence-corrected chi connectivity index (χ1v) is 8.24. The van der Waals surface area contributed by atoms with Crippen LogP contribution >= 0.6 is 15.9 Å². The van der Waals surface area contributed by atoms with E-state index in [1.165, 1.54) is 10.8 Å². The average molecular weight is 367 g/mol. The molecule has 0 saturated heterocycles. The lowest BCUT2D eigenvalue weighted by Gasteiger charge is -2.05. The molecule has 0 aliphatic heterocycles. The molecule has 4 heteroatoms. The normalized spacial score (nSPS) is 11.4. The predicted molar refractivity (Wildman–Crippen MR) is 96.5 cm³/mol. The van der Waals surface area contributed by atoms with Crippen LogP contribution in [0.3, 0.4) is 0 Å². The summed E-state index contributed by atoms with van der Waals surface area (Å²) >= 11 is 3.55. The number of aliphatic hydroxyl groups excluding tert-OH is 1. The van der Waals surface area contributed by atoms with E-state index >= 15 is 0 Å². The van der Waals surface area contributed by atoms with Gasteiger partial charge in [-0.05, 0) is 51.3 Å². The number of halogens is 1. The summed E-state index contributed by atoms with van der Waals surface area (Å²) in [4.78, 5) is 4.74. The molecule has 0 amide bonds. The molecular weight excluding hydrogens is 352 g/mol. The van der Waals surface area contributed by atoms with Gasteiger partial charge >= 0.3 is 0 Å². The first kappa shape index (κ1) is 14.4. The highest BCUT2D eigenvalue weighted by molar-refractivity contribution is 9.10. The van der Waals surface area contributed by atoms with Crippen molar-refractivity contribution in [3.05, 3.63) is 70.5 Å². The van der Waals surface area contributed by atoms with Gasteiger partial charge in [0.1, 0.15) is 5.65 Å². The van der Waals surface area contributed by atoms with Crippen LogP contribution in [0.1, 0.15) is 11.3 Å². The summed E-state index contributed by atoms with van der Waals surface area (Å²) in [6.45, 7) is 1.98. The maximum absolute atomic E-state index is 9.86. The third-order valence-corrected chi connectivity index (χ3v) is 5.00. The standard InChI is InChI=1S/C19H15BrN2O/c1-12-8-18-21-19(17(11-23)22(18)10-16(12)20)15-7-6-13-4-2-3-5-14(13)9-15/h2-10,23H,11H2,1H3. The van der Waals surface area contributed by atoms with Crippen LogP contribution in [0.4, 0.5) is 0 Å². The van der Waals surface area contributed by atoms with Gasteiger partial charge in [0.15, 0.2) is 0 Å². The van der Waals surface area contributed by atoms with E-state index in [0.717, 1.165) is 32.6 Å². The van der Waals surface area contributed by atoms with Gasteiger partial charge in [-0.3, -0.25) is 4.40 Å². The van der Waals surface area contributed by atoms with Crippen LogP contribution in [0.15, 0.2) is 59.2 Å². The number of nitrogens with zero attached hydrogens (tertiary/aromatic N) is 2. The number of aryl methyl sites for hydroxylation is 1. The Labute approximate surface area is 142 Å². The van der Waals surface area contributed by atoms with Gasteiger partial charge in [0.25, 0.3) is 0 Å².